The summed E-state index contributed by atoms with van der Waals surface area (Å²) in [5.41, 5.74) is 6.72. The zero-order chi connectivity index (χ0) is 9.52. The van der Waals surface area contributed by atoms with E-state index < -0.39 is 0 Å². The molecule has 1 unspecified atom stereocenters. The monoisotopic (exact) mass is 182 g/mol. The Balaban J connectivity index is 2.15. The second kappa shape index (κ2) is 5.78. The van der Waals surface area contributed by atoms with Gasteiger partial charge in [-0.15, -0.1) is 0 Å². The summed E-state index contributed by atoms with van der Waals surface area (Å²) >= 11 is 0. The molecule has 0 aliphatic heterocycles. The van der Waals surface area contributed by atoms with Gasteiger partial charge in [0.05, 0.1) is 12.6 Å². The van der Waals surface area contributed by atoms with Crippen LogP contribution in [-0.4, -0.2) is 25.8 Å². The fraction of sp³-hybridized carbons (Fsp3) is 0.600. The van der Waals surface area contributed by atoms with Crippen LogP contribution in [0.2, 0.25) is 0 Å². The van der Waals surface area contributed by atoms with Crippen LogP contribution in [0.5, 0.6) is 0 Å². The van der Waals surface area contributed by atoms with Gasteiger partial charge in [-0.25, -0.2) is 0 Å². The number of ether oxygens (including phenoxy) is 1. The topological polar surface area (TPSA) is 47.3 Å². The van der Waals surface area contributed by atoms with Crippen LogP contribution < -0.4 is 11.1 Å². The molecule has 3 heteroatoms. The molecule has 0 aromatic carbocycles. The first-order valence-corrected chi connectivity index (χ1v) is 4.78. The minimum Gasteiger partial charge on any atom is -0.401 e. The lowest BCUT2D eigenvalue weighted by Crippen LogP contribution is -2.36. The van der Waals surface area contributed by atoms with Gasteiger partial charge < -0.3 is 15.8 Å². The third-order valence-electron chi connectivity index (χ3n) is 2.04. The van der Waals surface area contributed by atoms with Crippen LogP contribution in [0, 0.1) is 0 Å². The Kier molecular flexibility index (Phi) is 4.57. The summed E-state index contributed by atoms with van der Waals surface area (Å²) < 4.78 is 5.22. The minimum absolute atomic E-state index is 0.297. The first-order chi connectivity index (χ1) is 6.34. The molecule has 74 valence electrons. The summed E-state index contributed by atoms with van der Waals surface area (Å²) in [4.78, 5) is 0. The van der Waals surface area contributed by atoms with Crippen LogP contribution in [0.3, 0.4) is 0 Å². The van der Waals surface area contributed by atoms with Gasteiger partial charge in [0.25, 0.3) is 0 Å². The Labute approximate surface area is 79.6 Å². The highest BCUT2D eigenvalue weighted by molar-refractivity contribution is 5.21. The van der Waals surface area contributed by atoms with E-state index in [0.29, 0.717) is 6.04 Å². The molecule has 1 atom stereocenters. The number of allylic oxidation sites excluding steroid dienone is 2. The number of hydrogen-bond donors (Lipinski definition) is 2. The molecule has 0 amide bonds. The van der Waals surface area contributed by atoms with Crippen molar-refractivity contribution >= 4 is 0 Å². The number of nitrogens with two attached hydrogens (primary N) is 1. The van der Waals surface area contributed by atoms with E-state index in [1.165, 1.54) is 0 Å². The fourth-order valence-corrected chi connectivity index (χ4v) is 1.30. The lowest BCUT2D eigenvalue weighted by molar-refractivity contribution is 0.147. The van der Waals surface area contributed by atoms with Crippen molar-refractivity contribution in [3.63, 3.8) is 0 Å². The minimum atomic E-state index is 0.297. The molecule has 13 heavy (non-hydrogen) atoms. The van der Waals surface area contributed by atoms with Crippen molar-refractivity contribution in [3.8, 4) is 0 Å². The second-order valence-electron chi connectivity index (χ2n) is 3.03. The van der Waals surface area contributed by atoms with E-state index >= 15 is 0 Å². The van der Waals surface area contributed by atoms with Crippen LogP contribution in [0.15, 0.2) is 23.9 Å². The molecule has 0 aromatic rings. The van der Waals surface area contributed by atoms with Gasteiger partial charge in [0.2, 0.25) is 0 Å². The van der Waals surface area contributed by atoms with Gasteiger partial charge >= 0.3 is 0 Å². The summed E-state index contributed by atoms with van der Waals surface area (Å²) in [6.07, 6.45) is 7.04. The molecule has 0 radical (unpaired) electrons. The third kappa shape index (κ3) is 3.61. The molecule has 1 aliphatic carbocycles. The van der Waals surface area contributed by atoms with Crippen molar-refractivity contribution in [3.05, 3.63) is 23.9 Å². The molecule has 0 saturated heterocycles. The summed E-state index contributed by atoms with van der Waals surface area (Å²) in [7, 11) is 0. The molecule has 0 saturated carbocycles. The van der Waals surface area contributed by atoms with Gasteiger partial charge in [-0.3, -0.25) is 0 Å². The van der Waals surface area contributed by atoms with E-state index in [0.717, 1.165) is 31.9 Å². The summed E-state index contributed by atoms with van der Waals surface area (Å²) in [5, 5.41) is 3.34. The van der Waals surface area contributed by atoms with Crippen molar-refractivity contribution in [1.29, 1.82) is 0 Å². The first kappa shape index (κ1) is 10.3. The smallest absolute Gasteiger partial charge is 0.0590 e. The highest BCUT2D eigenvalue weighted by Gasteiger charge is 2.10. The predicted molar refractivity (Wildman–Crippen MR) is 54.3 cm³/mol. The summed E-state index contributed by atoms with van der Waals surface area (Å²) in [5.74, 6) is 0. The van der Waals surface area contributed by atoms with E-state index in [1.807, 2.05) is 19.1 Å². The van der Waals surface area contributed by atoms with Crippen LogP contribution in [0.4, 0.5) is 0 Å². The summed E-state index contributed by atoms with van der Waals surface area (Å²) in [6, 6.07) is 0.297. The van der Waals surface area contributed by atoms with E-state index in [4.69, 9.17) is 10.5 Å². The molecule has 3 nitrogen and oxygen atoms in total. The number of nitrogens with one attached hydrogen (secondary N) is 1. The Hall–Kier alpha value is -0.800. The largest absolute Gasteiger partial charge is 0.401 e. The van der Waals surface area contributed by atoms with E-state index in [-0.39, 0.29) is 0 Å². The maximum Gasteiger partial charge on any atom is 0.0590 e. The molecule has 0 fully saturated rings. The molecule has 1 aliphatic rings. The maximum absolute atomic E-state index is 5.80. The molecular formula is C10H18N2O. The average Bonchev–Trinajstić information content (AvgIpc) is 2.15. The Bertz CT molecular complexity index is 199. The van der Waals surface area contributed by atoms with Gasteiger partial charge in [-0.2, -0.15) is 0 Å². The number of rotatable bonds is 5. The molecular weight excluding hydrogens is 164 g/mol. The standard InChI is InChI=1S/C10H18N2O/c1-2-13-8-7-12-10-6-4-3-5-9(10)11/h3-5,10,12H,2,6-8,11H2,1H3. The van der Waals surface area contributed by atoms with Gasteiger partial charge in [-0.05, 0) is 19.4 Å². The van der Waals surface area contributed by atoms with Gasteiger partial charge in [-0.1, -0.05) is 12.2 Å². The van der Waals surface area contributed by atoms with Gasteiger partial charge in [0.1, 0.15) is 0 Å². The Morgan fingerprint density at radius 3 is 3.23 bits per heavy atom. The fourth-order valence-electron chi connectivity index (χ4n) is 1.30. The zero-order valence-corrected chi connectivity index (χ0v) is 8.12. The Morgan fingerprint density at radius 1 is 1.69 bits per heavy atom. The molecule has 0 bridgehead atoms. The van der Waals surface area contributed by atoms with Crippen molar-refractivity contribution in [2.75, 3.05) is 19.8 Å². The van der Waals surface area contributed by atoms with Crippen molar-refractivity contribution in [1.82, 2.24) is 5.32 Å². The predicted octanol–water partition coefficient (Wildman–Crippen LogP) is 0.784. The van der Waals surface area contributed by atoms with Crippen LogP contribution in [-0.2, 0) is 4.74 Å². The Morgan fingerprint density at radius 2 is 2.54 bits per heavy atom. The van der Waals surface area contributed by atoms with Gasteiger partial charge in [0.15, 0.2) is 0 Å². The molecule has 3 N–H and O–H groups in total. The van der Waals surface area contributed by atoms with Crippen molar-refractivity contribution < 1.29 is 4.74 Å². The maximum atomic E-state index is 5.80. The highest BCUT2D eigenvalue weighted by atomic mass is 16.5. The van der Waals surface area contributed by atoms with Gasteiger partial charge in [0, 0.05) is 18.8 Å². The molecule has 1 rings (SSSR count). The van der Waals surface area contributed by atoms with Crippen LogP contribution >= 0.6 is 0 Å². The van der Waals surface area contributed by atoms with Crippen LogP contribution in [0.1, 0.15) is 13.3 Å². The normalized spacial score (nSPS) is 21.6. The zero-order valence-electron chi connectivity index (χ0n) is 8.12. The lowest BCUT2D eigenvalue weighted by Gasteiger charge is -2.19. The lowest BCUT2D eigenvalue weighted by atomic mass is 10.1. The van der Waals surface area contributed by atoms with E-state index in [1.54, 1.807) is 0 Å². The number of hydrogen-bond acceptors (Lipinski definition) is 3. The highest BCUT2D eigenvalue weighted by Crippen LogP contribution is 2.07. The second-order valence-corrected chi connectivity index (χ2v) is 3.03. The third-order valence-corrected chi connectivity index (χ3v) is 2.04. The SMILES string of the molecule is CCOCCNC1CC=CC=C1N. The molecule has 0 aromatic heterocycles. The van der Waals surface area contributed by atoms with Crippen LogP contribution in [0.25, 0.3) is 0 Å². The van der Waals surface area contributed by atoms with Crippen molar-refractivity contribution in [2.45, 2.75) is 19.4 Å². The first-order valence-electron chi connectivity index (χ1n) is 4.78. The summed E-state index contributed by atoms with van der Waals surface area (Å²) in [6.45, 7) is 4.39. The molecule has 0 heterocycles. The average molecular weight is 182 g/mol. The quantitative estimate of drug-likeness (QED) is 0.618. The van der Waals surface area contributed by atoms with E-state index in [9.17, 15) is 0 Å². The van der Waals surface area contributed by atoms with E-state index in [2.05, 4.69) is 11.4 Å². The van der Waals surface area contributed by atoms with Crippen molar-refractivity contribution in [2.24, 2.45) is 5.73 Å². The molecule has 0 spiro atoms.